The van der Waals surface area contributed by atoms with E-state index in [4.69, 9.17) is 0 Å². The van der Waals surface area contributed by atoms with Crippen molar-refractivity contribution in [2.45, 2.75) is 13.8 Å². The van der Waals surface area contributed by atoms with E-state index in [1.165, 1.54) is 0 Å². The van der Waals surface area contributed by atoms with Gasteiger partial charge in [-0.3, -0.25) is 9.13 Å². The topological polar surface area (TPSA) is 40.6 Å². The summed E-state index contributed by atoms with van der Waals surface area (Å²) in [5.41, 5.74) is 0. The van der Waals surface area contributed by atoms with Crippen LogP contribution in [0, 0.1) is 0 Å². The lowest BCUT2D eigenvalue weighted by molar-refractivity contribution is 0.277. The van der Waals surface area contributed by atoms with Crippen molar-refractivity contribution in [1.82, 2.24) is 9.34 Å². The van der Waals surface area contributed by atoms with Gasteiger partial charge in [0, 0.05) is 47.4 Å². The molecule has 3 aromatic rings. The van der Waals surface area contributed by atoms with Gasteiger partial charge in [0.05, 0.1) is 0 Å². The van der Waals surface area contributed by atoms with Crippen LogP contribution >= 0.6 is 14.6 Å². The molecule has 0 radical (unpaired) electrons. The van der Waals surface area contributed by atoms with E-state index in [-0.39, 0.29) is 0 Å². The Hall–Kier alpha value is -2.48. The molecule has 1 heterocycles. The van der Waals surface area contributed by atoms with Crippen LogP contribution in [0.2, 0.25) is 0 Å². The standard InChI is InChI=1S/C28H32N2O2P2/c1-3-14-25(4-2)33(31,26-15-8-5-9-16-26)29-21-23-30(24-22-29)34(32,27-17-10-6-11-18-27)28-19-12-7-13-20-28/h3-20H,21-24H2,1-2H3. The third-order valence-corrected chi connectivity index (χ3v) is 12.8. The van der Waals surface area contributed by atoms with Gasteiger partial charge in [0.15, 0.2) is 0 Å². The Morgan fingerprint density at radius 1 is 0.647 bits per heavy atom. The zero-order valence-electron chi connectivity index (χ0n) is 19.8. The van der Waals surface area contributed by atoms with E-state index < -0.39 is 14.6 Å². The molecular weight excluding hydrogens is 458 g/mol. The van der Waals surface area contributed by atoms with Crippen molar-refractivity contribution in [2.24, 2.45) is 0 Å². The molecule has 0 N–H and O–H groups in total. The maximum atomic E-state index is 14.7. The lowest BCUT2D eigenvalue weighted by atomic mass is 10.4. The minimum absolute atomic E-state index is 0.574. The minimum atomic E-state index is -3.01. The van der Waals surface area contributed by atoms with E-state index in [0.29, 0.717) is 26.2 Å². The summed E-state index contributed by atoms with van der Waals surface area (Å²) in [5, 5.41) is 3.35. The van der Waals surface area contributed by atoms with Gasteiger partial charge in [0.1, 0.15) is 0 Å². The fraction of sp³-hybridized carbons (Fsp3) is 0.214. The molecule has 1 fully saturated rings. The summed E-state index contributed by atoms with van der Waals surface area (Å²) < 4.78 is 33.6. The molecule has 0 aromatic heterocycles. The van der Waals surface area contributed by atoms with Crippen molar-refractivity contribution < 1.29 is 9.13 Å². The van der Waals surface area contributed by atoms with E-state index in [1.54, 1.807) is 0 Å². The van der Waals surface area contributed by atoms with Crippen LogP contribution in [0.25, 0.3) is 0 Å². The summed E-state index contributed by atoms with van der Waals surface area (Å²) in [5.74, 6) is 0. The fourth-order valence-corrected chi connectivity index (χ4v) is 10.5. The molecule has 4 nitrogen and oxygen atoms in total. The van der Waals surface area contributed by atoms with Crippen LogP contribution in [0.5, 0.6) is 0 Å². The number of allylic oxidation sites excluding steroid dienone is 4. The molecule has 0 saturated carbocycles. The third-order valence-electron chi connectivity index (χ3n) is 6.33. The van der Waals surface area contributed by atoms with Crippen molar-refractivity contribution in [3.63, 3.8) is 0 Å². The average Bonchev–Trinajstić information content (AvgIpc) is 2.92. The second kappa shape index (κ2) is 10.8. The normalized spacial score (nSPS) is 18.1. The van der Waals surface area contributed by atoms with Gasteiger partial charge in [0.2, 0.25) is 14.6 Å². The molecule has 0 aliphatic carbocycles. The van der Waals surface area contributed by atoms with Crippen LogP contribution in [0.15, 0.2) is 115 Å². The molecule has 1 saturated heterocycles. The average molecular weight is 491 g/mol. The monoisotopic (exact) mass is 490 g/mol. The molecule has 0 amide bonds. The number of hydrogen-bond acceptors (Lipinski definition) is 2. The Morgan fingerprint density at radius 3 is 1.47 bits per heavy atom. The van der Waals surface area contributed by atoms with Gasteiger partial charge in [0.25, 0.3) is 0 Å². The molecule has 4 rings (SSSR count). The lowest BCUT2D eigenvalue weighted by Crippen LogP contribution is -2.47. The molecule has 1 aliphatic heterocycles. The smallest absolute Gasteiger partial charge is 0.207 e. The predicted molar refractivity (Wildman–Crippen MR) is 145 cm³/mol. The second-order valence-corrected chi connectivity index (χ2v) is 13.8. The highest BCUT2D eigenvalue weighted by molar-refractivity contribution is 7.76. The molecule has 6 heteroatoms. The molecule has 0 spiro atoms. The molecule has 0 bridgehead atoms. The minimum Gasteiger partial charge on any atom is -0.296 e. The maximum Gasteiger partial charge on any atom is 0.207 e. The highest BCUT2D eigenvalue weighted by Gasteiger charge is 2.41. The first-order chi connectivity index (χ1) is 16.5. The molecule has 1 atom stereocenters. The molecular formula is C28H32N2O2P2. The molecule has 176 valence electrons. The van der Waals surface area contributed by atoms with Crippen LogP contribution in [0.1, 0.15) is 13.8 Å². The van der Waals surface area contributed by atoms with Gasteiger partial charge < -0.3 is 0 Å². The molecule has 1 unspecified atom stereocenters. The summed E-state index contributed by atoms with van der Waals surface area (Å²) in [6, 6.07) is 29.3. The van der Waals surface area contributed by atoms with Crippen molar-refractivity contribution >= 4 is 30.5 Å². The summed E-state index contributed by atoms with van der Waals surface area (Å²) in [6.45, 7) is 6.19. The lowest BCUT2D eigenvalue weighted by Gasteiger charge is -2.42. The first-order valence-corrected chi connectivity index (χ1v) is 15.0. The fourth-order valence-electron chi connectivity index (χ4n) is 4.63. The zero-order valence-corrected chi connectivity index (χ0v) is 21.6. The first kappa shape index (κ1) is 24.6. The Balaban J connectivity index is 1.69. The van der Waals surface area contributed by atoms with Crippen molar-refractivity contribution in [3.05, 3.63) is 115 Å². The van der Waals surface area contributed by atoms with Gasteiger partial charge >= 0.3 is 0 Å². The molecule has 1 aliphatic rings. The summed E-state index contributed by atoms with van der Waals surface area (Å²) in [4.78, 5) is 0. The SMILES string of the molecule is CC=CC(=CC)P(=O)(c1ccccc1)N1CCN(P(=O)(c2ccccc2)c2ccccc2)CC1. The Bertz CT molecular complexity index is 1190. The number of benzene rings is 3. The highest BCUT2D eigenvalue weighted by Crippen LogP contribution is 2.58. The summed E-state index contributed by atoms with van der Waals surface area (Å²) in [7, 11) is -6.01. The van der Waals surface area contributed by atoms with Gasteiger partial charge in [-0.1, -0.05) is 72.8 Å². The predicted octanol–water partition coefficient (Wildman–Crippen LogP) is 5.62. The van der Waals surface area contributed by atoms with Gasteiger partial charge in [-0.2, -0.15) is 0 Å². The van der Waals surface area contributed by atoms with Crippen LogP contribution in [0.4, 0.5) is 0 Å². The van der Waals surface area contributed by atoms with Crippen LogP contribution in [-0.2, 0) is 9.13 Å². The largest absolute Gasteiger partial charge is 0.296 e. The molecule has 3 aromatic carbocycles. The molecule has 34 heavy (non-hydrogen) atoms. The van der Waals surface area contributed by atoms with E-state index in [2.05, 4.69) is 9.34 Å². The number of piperazine rings is 1. The van der Waals surface area contributed by atoms with Gasteiger partial charge in [-0.15, -0.1) is 0 Å². The third kappa shape index (κ3) is 4.57. The quantitative estimate of drug-likeness (QED) is 0.319. The maximum absolute atomic E-state index is 14.7. The van der Waals surface area contributed by atoms with Crippen LogP contribution < -0.4 is 15.9 Å². The highest BCUT2D eigenvalue weighted by atomic mass is 31.2. The van der Waals surface area contributed by atoms with E-state index in [9.17, 15) is 9.13 Å². The van der Waals surface area contributed by atoms with Crippen molar-refractivity contribution in [1.29, 1.82) is 0 Å². The Kier molecular flexibility index (Phi) is 7.86. The Labute approximate surface area is 203 Å². The second-order valence-electron chi connectivity index (χ2n) is 8.28. The van der Waals surface area contributed by atoms with E-state index in [1.807, 2.05) is 123 Å². The van der Waals surface area contributed by atoms with Gasteiger partial charge in [-0.05, 0) is 50.2 Å². The van der Waals surface area contributed by atoms with Gasteiger partial charge in [-0.25, -0.2) is 9.34 Å². The first-order valence-electron chi connectivity index (χ1n) is 11.7. The summed E-state index contributed by atoms with van der Waals surface area (Å²) in [6.07, 6.45) is 5.86. The van der Waals surface area contributed by atoms with Crippen molar-refractivity contribution in [3.8, 4) is 0 Å². The zero-order chi connectivity index (χ0) is 24.0. The van der Waals surface area contributed by atoms with Crippen LogP contribution in [-0.4, -0.2) is 35.5 Å². The Morgan fingerprint density at radius 2 is 1.06 bits per heavy atom. The number of nitrogens with zero attached hydrogens (tertiary/aromatic N) is 2. The van der Waals surface area contributed by atoms with Crippen molar-refractivity contribution in [2.75, 3.05) is 26.2 Å². The number of rotatable bonds is 7. The van der Waals surface area contributed by atoms with E-state index >= 15 is 0 Å². The number of hydrogen-bond donors (Lipinski definition) is 0. The van der Waals surface area contributed by atoms with E-state index in [0.717, 1.165) is 21.2 Å². The van der Waals surface area contributed by atoms with Crippen LogP contribution in [0.3, 0.4) is 0 Å². The summed E-state index contributed by atoms with van der Waals surface area (Å²) >= 11 is 0.